The number of Topliss-reactive ketones (excluding diaryl/α,β-unsaturated/α-hetero) is 1. The van der Waals surface area contributed by atoms with Gasteiger partial charge in [0.2, 0.25) is 5.91 Å². The molecule has 0 radical (unpaired) electrons. The van der Waals surface area contributed by atoms with Gasteiger partial charge in [0.05, 0.1) is 28.9 Å². The van der Waals surface area contributed by atoms with Gasteiger partial charge in [0.25, 0.3) is 0 Å². The molecule has 2 aromatic rings. The highest BCUT2D eigenvalue weighted by Gasteiger charge is 2.33. The van der Waals surface area contributed by atoms with Crippen LogP contribution in [0.3, 0.4) is 0 Å². The van der Waals surface area contributed by atoms with Crippen LogP contribution in [0.4, 0.5) is 0 Å². The molecule has 0 spiro atoms. The van der Waals surface area contributed by atoms with Gasteiger partial charge in [0.1, 0.15) is 0 Å². The van der Waals surface area contributed by atoms with Crippen LogP contribution in [0.2, 0.25) is 0 Å². The topological polar surface area (TPSA) is 167 Å². The Balaban J connectivity index is 1.85. The maximum atomic E-state index is 13.3. The number of aromatic nitrogens is 1. The van der Waals surface area contributed by atoms with Crippen LogP contribution in [0.1, 0.15) is 39.4 Å². The monoisotopic (exact) mass is 446 g/mol. The quantitative estimate of drug-likeness (QED) is 0.216. The molecule has 1 fully saturated rings. The summed E-state index contributed by atoms with van der Waals surface area (Å²) in [6.45, 7) is 1.35. The molecule has 0 saturated carbocycles. The van der Waals surface area contributed by atoms with Crippen molar-refractivity contribution in [1.82, 2.24) is 9.88 Å². The molecule has 166 valence electrons. The zero-order valence-corrected chi connectivity index (χ0v) is 18.1. The minimum Gasteiger partial charge on any atom is -0.465 e. The number of ketones is 1. The predicted molar refractivity (Wildman–Crippen MR) is 118 cm³/mol. The van der Waals surface area contributed by atoms with Gasteiger partial charge >= 0.3 is 5.97 Å². The normalized spacial score (nSPS) is 17.4. The average Bonchev–Trinajstić information content (AvgIpc) is 3.37. The number of likely N-dealkylation sites (tertiary alicyclic amines) is 1. The molecule has 0 unspecified atom stereocenters. The number of guanidine groups is 1. The highest BCUT2D eigenvalue weighted by molar-refractivity contribution is 7.20. The summed E-state index contributed by atoms with van der Waals surface area (Å²) in [5, 5.41) is 0.335. The molecule has 0 aliphatic carbocycles. The SMILES string of the molecule is COC(=O)c1ccc2nc(C(=O)[C@@H](CCN=C(N)N)CN3CCC[C@H]3C(N)=O)sc2c1. The zero-order chi connectivity index (χ0) is 22.5. The molecule has 31 heavy (non-hydrogen) atoms. The summed E-state index contributed by atoms with van der Waals surface area (Å²) < 4.78 is 5.46. The van der Waals surface area contributed by atoms with E-state index in [0.717, 1.165) is 6.42 Å². The van der Waals surface area contributed by atoms with Crippen LogP contribution in [0.15, 0.2) is 23.2 Å². The molecule has 2 atom stereocenters. The number of thiazole rings is 1. The predicted octanol–water partition coefficient (Wildman–Crippen LogP) is 0.495. The minimum absolute atomic E-state index is 0.0438. The van der Waals surface area contributed by atoms with E-state index >= 15 is 0 Å². The first kappa shape index (κ1) is 22.6. The van der Waals surface area contributed by atoms with Gasteiger partial charge in [-0.25, -0.2) is 9.78 Å². The molecule has 3 rings (SSSR count). The molecule has 1 aliphatic heterocycles. The van der Waals surface area contributed by atoms with Crippen molar-refractivity contribution in [3.05, 3.63) is 28.8 Å². The van der Waals surface area contributed by atoms with Crippen LogP contribution in [0.5, 0.6) is 0 Å². The number of esters is 1. The number of carbonyl (C=O) groups excluding carboxylic acids is 3. The standard InChI is InChI=1S/C20H26N6O4S/c1-30-19(29)11-4-5-13-15(9-11)31-18(25-13)16(27)12(6-7-24-20(22)23)10-26-8-2-3-14(26)17(21)28/h4-5,9,12,14H,2-3,6-8,10H2,1H3,(H2,21,28)(H4,22,23,24)/t12-,14-/m0/s1. The Hall–Kier alpha value is -3.05. The largest absolute Gasteiger partial charge is 0.465 e. The lowest BCUT2D eigenvalue weighted by Gasteiger charge is -2.26. The first-order valence-corrected chi connectivity index (χ1v) is 10.7. The van der Waals surface area contributed by atoms with E-state index in [1.165, 1.54) is 18.4 Å². The molecule has 10 nitrogen and oxygen atoms in total. The molecule has 1 amide bonds. The molecule has 6 N–H and O–H groups in total. The van der Waals surface area contributed by atoms with E-state index in [1.54, 1.807) is 18.2 Å². The van der Waals surface area contributed by atoms with Crippen LogP contribution >= 0.6 is 11.3 Å². The van der Waals surface area contributed by atoms with E-state index in [-0.39, 0.29) is 30.2 Å². The summed E-state index contributed by atoms with van der Waals surface area (Å²) in [4.78, 5) is 47.3. The van der Waals surface area contributed by atoms with E-state index in [0.29, 0.717) is 46.7 Å². The fraction of sp³-hybridized carbons (Fsp3) is 0.450. The molecule has 2 heterocycles. The number of hydrogen-bond acceptors (Lipinski definition) is 8. The summed E-state index contributed by atoms with van der Waals surface area (Å²) in [5.74, 6) is -1.49. The molecule has 1 aliphatic rings. The second kappa shape index (κ2) is 9.84. The Morgan fingerprint density at radius 1 is 1.32 bits per heavy atom. The molecular weight excluding hydrogens is 420 g/mol. The van der Waals surface area contributed by atoms with Crippen molar-refractivity contribution in [3.63, 3.8) is 0 Å². The molecule has 1 saturated heterocycles. The number of nitrogens with two attached hydrogens (primary N) is 3. The van der Waals surface area contributed by atoms with E-state index in [2.05, 4.69) is 9.98 Å². The van der Waals surface area contributed by atoms with E-state index in [1.807, 2.05) is 4.90 Å². The van der Waals surface area contributed by atoms with Gasteiger partial charge < -0.3 is 21.9 Å². The Morgan fingerprint density at radius 2 is 2.10 bits per heavy atom. The lowest BCUT2D eigenvalue weighted by Crippen LogP contribution is -2.43. The third-order valence-electron chi connectivity index (χ3n) is 5.31. The number of rotatable bonds is 9. The third-order valence-corrected chi connectivity index (χ3v) is 6.34. The summed E-state index contributed by atoms with van der Waals surface area (Å²) in [5.41, 5.74) is 17.4. The Morgan fingerprint density at radius 3 is 2.77 bits per heavy atom. The highest BCUT2D eigenvalue weighted by Crippen LogP contribution is 2.28. The molecule has 0 bridgehead atoms. The minimum atomic E-state index is -0.455. The number of hydrogen-bond donors (Lipinski definition) is 3. The van der Waals surface area contributed by atoms with Gasteiger partial charge in [-0.1, -0.05) is 0 Å². The summed E-state index contributed by atoms with van der Waals surface area (Å²) in [6.07, 6.45) is 1.93. The maximum absolute atomic E-state index is 13.3. The Labute approximate surface area is 183 Å². The molecule has 1 aromatic carbocycles. The number of fused-ring (bicyclic) bond motifs is 1. The Kier molecular flexibility index (Phi) is 7.18. The van der Waals surface area contributed by atoms with Crippen molar-refractivity contribution in [2.24, 2.45) is 28.1 Å². The van der Waals surface area contributed by atoms with Gasteiger partial charge in [-0.2, -0.15) is 0 Å². The lowest BCUT2D eigenvalue weighted by molar-refractivity contribution is -0.122. The fourth-order valence-electron chi connectivity index (χ4n) is 3.75. The summed E-state index contributed by atoms with van der Waals surface area (Å²) in [7, 11) is 1.31. The van der Waals surface area contributed by atoms with E-state index in [9.17, 15) is 14.4 Å². The smallest absolute Gasteiger partial charge is 0.337 e. The van der Waals surface area contributed by atoms with Crippen LogP contribution in [0.25, 0.3) is 10.2 Å². The van der Waals surface area contributed by atoms with Gasteiger partial charge in [0, 0.05) is 19.0 Å². The third kappa shape index (κ3) is 5.36. The van der Waals surface area contributed by atoms with Crippen LogP contribution in [0, 0.1) is 5.92 Å². The van der Waals surface area contributed by atoms with Crippen LogP contribution in [-0.4, -0.2) is 66.3 Å². The molecule has 11 heteroatoms. The summed E-state index contributed by atoms with van der Waals surface area (Å²) >= 11 is 1.22. The van der Waals surface area contributed by atoms with Gasteiger partial charge in [-0.15, -0.1) is 11.3 Å². The number of primary amides is 1. The van der Waals surface area contributed by atoms with Crippen molar-refractivity contribution < 1.29 is 19.1 Å². The van der Waals surface area contributed by atoms with Gasteiger partial charge in [-0.05, 0) is 44.0 Å². The second-order valence-corrected chi connectivity index (χ2v) is 8.44. The number of benzene rings is 1. The number of nitrogens with zero attached hydrogens (tertiary/aromatic N) is 3. The number of methoxy groups -OCH3 is 1. The lowest BCUT2D eigenvalue weighted by atomic mass is 9.99. The van der Waals surface area contributed by atoms with Crippen molar-refractivity contribution in [1.29, 1.82) is 0 Å². The average molecular weight is 447 g/mol. The second-order valence-electron chi connectivity index (χ2n) is 7.40. The first-order chi connectivity index (χ1) is 14.8. The molecular formula is C20H26N6O4S. The maximum Gasteiger partial charge on any atom is 0.337 e. The van der Waals surface area contributed by atoms with Crippen molar-refractivity contribution >= 4 is 45.2 Å². The number of carbonyl (C=O) groups is 3. The zero-order valence-electron chi connectivity index (χ0n) is 17.2. The first-order valence-electron chi connectivity index (χ1n) is 9.92. The van der Waals surface area contributed by atoms with Gasteiger partial charge in [0.15, 0.2) is 16.8 Å². The number of ether oxygens (including phenoxy) is 1. The van der Waals surface area contributed by atoms with Gasteiger partial charge in [-0.3, -0.25) is 19.5 Å². The molecule has 1 aromatic heterocycles. The van der Waals surface area contributed by atoms with E-state index < -0.39 is 11.9 Å². The van der Waals surface area contributed by atoms with Crippen molar-refractivity contribution in [2.45, 2.75) is 25.3 Å². The fourth-order valence-corrected chi connectivity index (χ4v) is 4.78. The highest BCUT2D eigenvalue weighted by atomic mass is 32.1. The van der Waals surface area contributed by atoms with Crippen molar-refractivity contribution in [2.75, 3.05) is 26.7 Å². The van der Waals surface area contributed by atoms with Crippen LogP contribution < -0.4 is 17.2 Å². The van der Waals surface area contributed by atoms with Crippen LogP contribution in [-0.2, 0) is 9.53 Å². The number of amides is 1. The Bertz CT molecular complexity index is 1020. The summed E-state index contributed by atoms with van der Waals surface area (Å²) in [6, 6.07) is 4.58. The van der Waals surface area contributed by atoms with E-state index in [4.69, 9.17) is 21.9 Å². The van der Waals surface area contributed by atoms with Crippen molar-refractivity contribution in [3.8, 4) is 0 Å². The number of aliphatic imine (C=N–C) groups is 1.